The molecule has 1 aromatic carbocycles. The van der Waals surface area contributed by atoms with Crippen molar-refractivity contribution in [2.75, 3.05) is 5.32 Å². The van der Waals surface area contributed by atoms with Crippen LogP contribution in [0, 0.1) is 5.92 Å². The number of hydrogen-bond donors (Lipinski definition) is 1. The highest BCUT2D eigenvalue weighted by Crippen LogP contribution is 2.41. The van der Waals surface area contributed by atoms with Crippen LogP contribution >= 0.6 is 11.8 Å². The van der Waals surface area contributed by atoms with Gasteiger partial charge in [0.2, 0.25) is 0 Å². The first-order valence-corrected chi connectivity index (χ1v) is 7.42. The fraction of sp³-hybridized carbons (Fsp3) is 0.571. The molecule has 1 nitrogen and oxygen atoms in total. The van der Waals surface area contributed by atoms with Gasteiger partial charge in [-0.25, -0.2) is 0 Å². The molecule has 1 aliphatic carbocycles. The third kappa shape index (κ3) is 4.06. The van der Waals surface area contributed by atoms with E-state index in [1.807, 2.05) is 0 Å². The Morgan fingerprint density at radius 3 is 2.68 bits per heavy atom. The van der Waals surface area contributed by atoms with Crippen molar-refractivity contribution in [1.29, 1.82) is 0 Å². The van der Waals surface area contributed by atoms with E-state index in [9.17, 15) is 13.2 Å². The van der Waals surface area contributed by atoms with Crippen LogP contribution in [0.5, 0.6) is 0 Å². The SMILES string of the molecule is CCC1CCCC1Nc1ccccc1SC(F)(F)F. The molecule has 1 aliphatic rings. The van der Waals surface area contributed by atoms with Gasteiger partial charge in [-0.1, -0.05) is 31.9 Å². The highest BCUT2D eigenvalue weighted by molar-refractivity contribution is 8.00. The first-order valence-electron chi connectivity index (χ1n) is 6.61. The standard InChI is InChI=1S/C14H18F3NS/c1-2-10-6-5-8-11(10)18-12-7-3-4-9-13(12)19-14(15,16)17/h3-4,7,9-11,18H,2,5-6,8H2,1H3. The molecule has 5 heteroatoms. The Balaban J connectivity index is 2.11. The summed E-state index contributed by atoms with van der Waals surface area (Å²) in [7, 11) is 0. The maximum atomic E-state index is 12.5. The quantitative estimate of drug-likeness (QED) is 0.756. The van der Waals surface area contributed by atoms with Gasteiger partial charge in [-0.05, 0) is 42.7 Å². The molecule has 2 unspecified atom stereocenters. The Labute approximate surface area is 116 Å². The molecule has 0 radical (unpaired) electrons. The van der Waals surface area contributed by atoms with E-state index in [0.717, 1.165) is 19.3 Å². The lowest BCUT2D eigenvalue weighted by molar-refractivity contribution is -0.0327. The van der Waals surface area contributed by atoms with Crippen LogP contribution in [0.4, 0.5) is 18.9 Å². The summed E-state index contributed by atoms with van der Waals surface area (Å²) in [5.41, 5.74) is -3.63. The molecule has 1 fully saturated rings. The third-order valence-corrected chi connectivity index (χ3v) is 4.44. The summed E-state index contributed by atoms with van der Waals surface area (Å²) < 4.78 is 37.5. The lowest BCUT2D eigenvalue weighted by Gasteiger charge is -2.22. The van der Waals surface area contributed by atoms with Crippen LogP contribution in [-0.4, -0.2) is 11.6 Å². The molecule has 0 spiro atoms. The zero-order chi connectivity index (χ0) is 13.9. The molecule has 1 N–H and O–H groups in total. The summed E-state index contributed by atoms with van der Waals surface area (Å²) >= 11 is -0.0429. The van der Waals surface area contributed by atoms with Crippen LogP contribution in [0.15, 0.2) is 29.2 Å². The number of hydrogen-bond acceptors (Lipinski definition) is 2. The zero-order valence-corrected chi connectivity index (χ0v) is 11.7. The van der Waals surface area contributed by atoms with Crippen molar-refractivity contribution in [2.45, 2.75) is 49.1 Å². The average molecular weight is 289 g/mol. The van der Waals surface area contributed by atoms with Gasteiger partial charge in [0.15, 0.2) is 0 Å². The van der Waals surface area contributed by atoms with Crippen molar-refractivity contribution in [3.05, 3.63) is 24.3 Å². The molecule has 106 valence electrons. The minimum Gasteiger partial charge on any atom is -0.381 e. The zero-order valence-electron chi connectivity index (χ0n) is 10.8. The van der Waals surface area contributed by atoms with Gasteiger partial charge in [-0.15, -0.1) is 0 Å². The summed E-state index contributed by atoms with van der Waals surface area (Å²) in [4.78, 5) is 0.261. The molecular formula is C14H18F3NS. The number of alkyl halides is 3. The molecule has 19 heavy (non-hydrogen) atoms. The van der Waals surface area contributed by atoms with Gasteiger partial charge in [-0.3, -0.25) is 0 Å². The smallest absolute Gasteiger partial charge is 0.381 e. The van der Waals surface area contributed by atoms with Crippen LogP contribution in [0.3, 0.4) is 0 Å². The summed E-state index contributed by atoms with van der Waals surface area (Å²) in [6.07, 6.45) is 4.45. The minimum absolute atomic E-state index is 0.0429. The van der Waals surface area contributed by atoms with Crippen molar-refractivity contribution in [3.63, 3.8) is 0 Å². The molecular weight excluding hydrogens is 271 g/mol. The number of halogens is 3. The number of anilines is 1. The highest BCUT2D eigenvalue weighted by Gasteiger charge is 2.31. The molecule has 0 amide bonds. The number of thioether (sulfide) groups is 1. The van der Waals surface area contributed by atoms with Gasteiger partial charge in [0, 0.05) is 16.6 Å². The normalized spacial score (nSPS) is 23.6. The number of rotatable bonds is 4. The van der Waals surface area contributed by atoms with Gasteiger partial charge in [-0.2, -0.15) is 13.2 Å². The van der Waals surface area contributed by atoms with Crippen LogP contribution < -0.4 is 5.32 Å². The van der Waals surface area contributed by atoms with E-state index < -0.39 is 5.51 Å². The second kappa shape index (κ2) is 6.07. The third-order valence-electron chi connectivity index (χ3n) is 3.64. The van der Waals surface area contributed by atoms with Gasteiger partial charge in [0.1, 0.15) is 0 Å². The number of para-hydroxylation sites is 1. The van der Waals surface area contributed by atoms with Crippen LogP contribution in [0.1, 0.15) is 32.6 Å². The van der Waals surface area contributed by atoms with Crippen LogP contribution in [0.25, 0.3) is 0 Å². The second-order valence-electron chi connectivity index (χ2n) is 4.89. The Hall–Kier alpha value is -0.840. The van der Waals surface area contributed by atoms with E-state index in [4.69, 9.17) is 0 Å². The lowest BCUT2D eigenvalue weighted by atomic mass is 10.0. The number of nitrogens with one attached hydrogen (secondary N) is 1. The molecule has 0 heterocycles. The Kier molecular flexibility index (Phi) is 4.66. The van der Waals surface area contributed by atoms with Gasteiger partial charge >= 0.3 is 5.51 Å². The topological polar surface area (TPSA) is 12.0 Å². The molecule has 1 aromatic rings. The maximum Gasteiger partial charge on any atom is 0.446 e. The Morgan fingerprint density at radius 1 is 1.26 bits per heavy atom. The summed E-state index contributed by atoms with van der Waals surface area (Å²) in [5, 5.41) is 3.31. The summed E-state index contributed by atoms with van der Waals surface area (Å²) in [6.45, 7) is 2.14. The van der Waals surface area contributed by atoms with E-state index in [1.54, 1.807) is 18.2 Å². The lowest BCUT2D eigenvalue weighted by Crippen LogP contribution is -2.23. The summed E-state index contributed by atoms with van der Waals surface area (Å²) in [6, 6.07) is 6.99. The van der Waals surface area contributed by atoms with Gasteiger partial charge < -0.3 is 5.32 Å². The first-order chi connectivity index (χ1) is 8.99. The predicted molar refractivity (Wildman–Crippen MR) is 73.4 cm³/mol. The van der Waals surface area contributed by atoms with Crippen LogP contribution in [-0.2, 0) is 0 Å². The Morgan fingerprint density at radius 2 is 2.00 bits per heavy atom. The fourth-order valence-corrected chi connectivity index (χ4v) is 3.35. The predicted octanol–water partition coefficient (Wildman–Crippen LogP) is 5.29. The van der Waals surface area contributed by atoms with Crippen molar-refractivity contribution < 1.29 is 13.2 Å². The van der Waals surface area contributed by atoms with E-state index in [2.05, 4.69) is 12.2 Å². The maximum absolute atomic E-state index is 12.5. The minimum atomic E-state index is -4.24. The second-order valence-corrected chi connectivity index (χ2v) is 6.00. The van der Waals surface area contributed by atoms with Crippen molar-refractivity contribution in [2.24, 2.45) is 5.92 Å². The van der Waals surface area contributed by atoms with E-state index in [1.165, 1.54) is 12.5 Å². The molecule has 2 rings (SSSR count). The van der Waals surface area contributed by atoms with E-state index in [0.29, 0.717) is 17.6 Å². The largest absolute Gasteiger partial charge is 0.446 e. The van der Waals surface area contributed by atoms with E-state index in [-0.39, 0.29) is 16.7 Å². The molecule has 0 saturated heterocycles. The van der Waals surface area contributed by atoms with E-state index >= 15 is 0 Å². The van der Waals surface area contributed by atoms with Gasteiger partial charge in [0.25, 0.3) is 0 Å². The van der Waals surface area contributed by atoms with Crippen molar-refractivity contribution in [1.82, 2.24) is 0 Å². The molecule has 1 saturated carbocycles. The average Bonchev–Trinajstić information content (AvgIpc) is 2.77. The molecule has 0 bridgehead atoms. The molecule has 0 aromatic heterocycles. The van der Waals surface area contributed by atoms with Crippen LogP contribution in [0.2, 0.25) is 0 Å². The van der Waals surface area contributed by atoms with Crippen molar-refractivity contribution in [3.8, 4) is 0 Å². The van der Waals surface area contributed by atoms with Gasteiger partial charge in [0.05, 0.1) is 0 Å². The van der Waals surface area contributed by atoms with Crippen molar-refractivity contribution >= 4 is 17.4 Å². The number of benzene rings is 1. The summed E-state index contributed by atoms with van der Waals surface area (Å²) in [5.74, 6) is 0.573. The first kappa shape index (κ1) is 14.6. The fourth-order valence-electron chi connectivity index (χ4n) is 2.71. The molecule has 0 aliphatic heterocycles. The Bertz CT molecular complexity index is 419. The highest BCUT2D eigenvalue weighted by atomic mass is 32.2. The monoisotopic (exact) mass is 289 g/mol. The molecule has 2 atom stereocenters.